The van der Waals surface area contributed by atoms with Crippen LogP contribution in [0.15, 0.2) is 24.5 Å². The molecule has 2 aliphatic heterocycles. The Balaban J connectivity index is 1.25. The summed E-state index contributed by atoms with van der Waals surface area (Å²) in [4.78, 5) is 11.5. The van der Waals surface area contributed by atoms with E-state index in [0.29, 0.717) is 0 Å². The fourth-order valence-electron chi connectivity index (χ4n) is 5.24. The Morgan fingerprint density at radius 2 is 1.53 bits per heavy atom. The summed E-state index contributed by atoms with van der Waals surface area (Å²) < 4.78 is 17.6. The van der Waals surface area contributed by atoms with Crippen LogP contribution in [-0.4, -0.2) is 55.6 Å². The summed E-state index contributed by atoms with van der Waals surface area (Å²) in [5.74, 6) is 2.60. The fraction of sp³-hybridized carbons (Fsp3) is 0.667. The molecule has 6 heteroatoms. The zero-order chi connectivity index (χ0) is 20.2. The van der Waals surface area contributed by atoms with Crippen LogP contribution in [0.1, 0.15) is 44.9 Å². The first-order chi connectivity index (χ1) is 14.8. The molecular weight excluding hydrogens is 378 g/mol. The van der Waals surface area contributed by atoms with Gasteiger partial charge in [0.15, 0.2) is 0 Å². The Morgan fingerprint density at radius 1 is 0.833 bits per heavy atom. The number of fused-ring (bicyclic) bond motifs is 1. The van der Waals surface area contributed by atoms with Crippen molar-refractivity contribution in [1.29, 1.82) is 0 Å². The second-order valence-corrected chi connectivity index (χ2v) is 9.02. The van der Waals surface area contributed by atoms with Gasteiger partial charge in [-0.15, -0.1) is 0 Å². The molecule has 0 spiro atoms. The van der Waals surface area contributed by atoms with E-state index in [9.17, 15) is 0 Å². The highest BCUT2D eigenvalue weighted by molar-refractivity contribution is 5.85. The molecule has 30 heavy (non-hydrogen) atoms. The molecule has 1 aliphatic carbocycles. The number of anilines is 1. The summed E-state index contributed by atoms with van der Waals surface area (Å²) in [6.45, 7) is 5.26. The van der Waals surface area contributed by atoms with Crippen LogP contribution in [0.2, 0.25) is 0 Å². The summed E-state index contributed by atoms with van der Waals surface area (Å²) in [5, 5.41) is 0. The second kappa shape index (κ2) is 9.48. The van der Waals surface area contributed by atoms with Crippen molar-refractivity contribution in [3.05, 3.63) is 24.5 Å². The second-order valence-electron chi connectivity index (χ2n) is 9.02. The van der Waals surface area contributed by atoms with E-state index in [1.807, 2.05) is 0 Å². The van der Waals surface area contributed by atoms with Gasteiger partial charge in [-0.3, -0.25) is 4.98 Å². The quantitative estimate of drug-likeness (QED) is 0.734. The molecule has 1 aromatic carbocycles. The van der Waals surface area contributed by atoms with Gasteiger partial charge in [0, 0.05) is 50.5 Å². The highest BCUT2D eigenvalue weighted by Crippen LogP contribution is 2.36. The first kappa shape index (κ1) is 20.0. The molecule has 162 valence electrons. The van der Waals surface area contributed by atoms with Crippen molar-refractivity contribution in [2.75, 3.05) is 44.4 Å². The Kier molecular flexibility index (Phi) is 6.32. The Bertz CT molecular complexity index is 826. The van der Waals surface area contributed by atoms with E-state index in [-0.39, 0.29) is 6.10 Å². The van der Waals surface area contributed by atoms with Gasteiger partial charge < -0.3 is 19.1 Å². The highest BCUT2D eigenvalue weighted by Gasteiger charge is 2.26. The van der Waals surface area contributed by atoms with Crippen LogP contribution in [0.25, 0.3) is 11.0 Å². The van der Waals surface area contributed by atoms with Crippen LogP contribution in [0.3, 0.4) is 0 Å². The van der Waals surface area contributed by atoms with Crippen molar-refractivity contribution < 1.29 is 14.2 Å². The number of benzene rings is 1. The van der Waals surface area contributed by atoms with E-state index in [4.69, 9.17) is 14.2 Å². The summed E-state index contributed by atoms with van der Waals surface area (Å²) in [6, 6.07) is 4.29. The van der Waals surface area contributed by atoms with Gasteiger partial charge in [0.2, 0.25) is 0 Å². The summed E-state index contributed by atoms with van der Waals surface area (Å²) >= 11 is 0. The molecule has 0 amide bonds. The third-order valence-corrected chi connectivity index (χ3v) is 6.99. The molecule has 5 rings (SSSR count). The van der Waals surface area contributed by atoms with Crippen LogP contribution < -0.4 is 9.64 Å². The standard InChI is InChI=1S/C24H33N3O3/c1-3-21(4-2-18(1)15-19-5-11-28-12-6-19)30-23-17-20(27-9-13-29-14-10-27)16-22-24(23)26-8-7-25-22/h7-8,16-19,21H,1-6,9-15H2. The molecule has 0 atom stereocenters. The van der Waals surface area contributed by atoms with Gasteiger partial charge in [-0.1, -0.05) is 0 Å². The first-order valence-corrected chi connectivity index (χ1v) is 11.7. The third-order valence-electron chi connectivity index (χ3n) is 6.99. The minimum Gasteiger partial charge on any atom is -0.488 e. The normalized spacial score (nSPS) is 26.1. The van der Waals surface area contributed by atoms with Gasteiger partial charge in [0.1, 0.15) is 11.3 Å². The number of morpholine rings is 1. The van der Waals surface area contributed by atoms with Gasteiger partial charge in [-0.2, -0.15) is 0 Å². The van der Waals surface area contributed by atoms with Crippen LogP contribution >= 0.6 is 0 Å². The smallest absolute Gasteiger partial charge is 0.149 e. The molecule has 0 unspecified atom stereocenters. The van der Waals surface area contributed by atoms with Gasteiger partial charge >= 0.3 is 0 Å². The van der Waals surface area contributed by atoms with Gasteiger partial charge in [-0.25, -0.2) is 4.98 Å². The van der Waals surface area contributed by atoms with Crippen molar-refractivity contribution in [3.8, 4) is 5.75 Å². The van der Waals surface area contributed by atoms with E-state index >= 15 is 0 Å². The monoisotopic (exact) mass is 411 g/mol. The van der Waals surface area contributed by atoms with Crippen LogP contribution in [-0.2, 0) is 9.47 Å². The molecule has 0 radical (unpaired) electrons. The van der Waals surface area contributed by atoms with Crippen LogP contribution in [0.4, 0.5) is 5.69 Å². The maximum absolute atomic E-state index is 6.56. The average molecular weight is 412 g/mol. The summed E-state index contributed by atoms with van der Waals surface area (Å²) in [6.07, 6.45) is 12.5. The van der Waals surface area contributed by atoms with Gasteiger partial charge in [-0.05, 0) is 62.8 Å². The molecule has 3 heterocycles. The van der Waals surface area contributed by atoms with Crippen LogP contribution in [0, 0.1) is 11.8 Å². The minimum absolute atomic E-state index is 0.279. The van der Waals surface area contributed by atoms with Crippen molar-refractivity contribution in [2.24, 2.45) is 11.8 Å². The van der Waals surface area contributed by atoms with Crippen molar-refractivity contribution in [3.63, 3.8) is 0 Å². The zero-order valence-electron chi connectivity index (χ0n) is 17.8. The van der Waals surface area contributed by atoms with E-state index in [2.05, 4.69) is 27.0 Å². The molecule has 2 saturated heterocycles. The SMILES string of the molecule is c1cnc2c(OC3CCC(CC4CCOCC4)CC3)cc(N3CCOCC3)cc2n1. The Hall–Kier alpha value is -1.92. The van der Waals surface area contributed by atoms with Crippen molar-refractivity contribution in [1.82, 2.24) is 9.97 Å². The predicted octanol–water partition coefficient (Wildman–Crippen LogP) is 4.22. The molecule has 3 aliphatic rings. The lowest BCUT2D eigenvalue weighted by atomic mass is 9.79. The lowest BCUT2D eigenvalue weighted by molar-refractivity contribution is 0.0511. The number of ether oxygens (including phenoxy) is 3. The number of hydrogen-bond donors (Lipinski definition) is 0. The lowest BCUT2D eigenvalue weighted by Gasteiger charge is -2.33. The number of hydrogen-bond acceptors (Lipinski definition) is 6. The molecule has 2 aromatic rings. The molecule has 6 nitrogen and oxygen atoms in total. The molecule has 0 bridgehead atoms. The highest BCUT2D eigenvalue weighted by atomic mass is 16.5. The first-order valence-electron chi connectivity index (χ1n) is 11.7. The number of nitrogens with zero attached hydrogens (tertiary/aromatic N) is 3. The van der Waals surface area contributed by atoms with E-state index < -0.39 is 0 Å². The Labute approximate surface area is 178 Å². The molecule has 0 N–H and O–H groups in total. The largest absolute Gasteiger partial charge is 0.488 e. The molecule has 1 aromatic heterocycles. The number of aromatic nitrogens is 2. The molecule has 3 fully saturated rings. The number of rotatable bonds is 5. The van der Waals surface area contributed by atoms with Gasteiger partial charge in [0.05, 0.1) is 24.8 Å². The average Bonchev–Trinajstić information content (AvgIpc) is 2.81. The van der Waals surface area contributed by atoms with E-state index in [1.165, 1.54) is 32.1 Å². The maximum atomic E-state index is 6.56. The molecule has 1 saturated carbocycles. The van der Waals surface area contributed by atoms with Crippen molar-refractivity contribution in [2.45, 2.75) is 51.0 Å². The van der Waals surface area contributed by atoms with Crippen molar-refractivity contribution >= 4 is 16.7 Å². The summed E-state index contributed by atoms with van der Waals surface area (Å²) in [7, 11) is 0. The Morgan fingerprint density at radius 3 is 2.33 bits per heavy atom. The van der Waals surface area contributed by atoms with E-state index in [0.717, 1.165) is 86.7 Å². The van der Waals surface area contributed by atoms with E-state index in [1.54, 1.807) is 12.4 Å². The fourth-order valence-corrected chi connectivity index (χ4v) is 5.24. The van der Waals surface area contributed by atoms with Crippen LogP contribution in [0.5, 0.6) is 5.75 Å². The maximum Gasteiger partial charge on any atom is 0.149 e. The topological polar surface area (TPSA) is 56.7 Å². The minimum atomic E-state index is 0.279. The lowest BCUT2D eigenvalue weighted by Crippen LogP contribution is -2.36. The zero-order valence-corrected chi connectivity index (χ0v) is 17.8. The molecular formula is C24H33N3O3. The van der Waals surface area contributed by atoms with Gasteiger partial charge in [0.25, 0.3) is 0 Å². The third kappa shape index (κ3) is 4.70. The predicted molar refractivity (Wildman–Crippen MR) is 117 cm³/mol. The summed E-state index contributed by atoms with van der Waals surface area (Å²) in [5.41, 5.74) is 2.94.